The molecule has 1 saturated heterocycles. The van der Waals surface area contributed by atoms with Crippen LogP contribution in [0.3, 0.4) is 0 Å². The van der Waals surface area contributed by atoms with Crippen LogP contribution in [0.1, 0.15) is 35.6 Å². The highest BCUT2D eigenvalue weighted by Gasteiger charge is 2.27. The number of piperidine rings is 1. The van der Waals surface area contributed by atoms with Crippen LogP contribution >= 0.6 is 0 Å². The summed E-state index contributed by atoms with van der Waals surface area (Å²) in [4.78, 5) is 39.1. The molecule has 9 heteroatoms. The first kappa shape index (κ1) is 27.1. The van der Waals surface area contributed by atoms with Gasteiger partial charge in [-0.25, -0.2) is 9.59 Å². The first-order chi connectivity index (χ1) is 19.5. The lowest BCUT2D eigenvalue weighted by molar-refractivity contribution is 0.0694. The van der Waals surface area contributed by atoms with Gasteiger partial charge >= 0.3 is 11.8 Å². The zero-order chi connectivity index (χ0) is 27.9. The summed E-state index contributed by atoms with van der Waals surface area (Å²) in [5.74, 6) is -0.321. The molecule has 1 N–H and O–H groups in total. The summed E-state index contributed by atoms with van der Waals surface area (Å²) in [5.41, 5.74) is 1.72. The maximum absolute atomic E-state index is 13.4. The van der Waals surface area contributed by atoms with Gasteiger partial charge in [0.1, 0.15) is 5.75 Å². The van der Waals surface area contributed by atoms with Crippen LogP contribution in [0.15, 0.2) is 101 Å². The van der Waals surface area contributed by atoms with E-state index in [9.17, 15) is 18.8 Å². The van der Waals surface area contributed by atoms with Crippen molar-refractivity contribution >= 4 is 6.16 Å². The molecule has 3 aromatic carbocycles. The number of ether oxygens (including phenoxy) is 2. The Morgan fingerprint density at radius 2 is 1.50 bits per heavy atom. The standard InChI is InChI=1S/C31H30FN3O5/c32-27-20-35(30(37)33-29(27)36)21-39-31(38)40-26-13-11-22(12-14-26)19-23-15-17-34(18-16-23)28(24-7-3-1-4-8-24)25-9-5-2-6-10-25/h1-14,20,23,28H,15-19,21H2,(H,33,36,37). The van der Waals surface area contributed by atoms with Crippen LogP contribution in [0.25, 0.3) is 0 Å². The molecule has 1 fully saturated rings. The number of hydrogen-bond donors (Lipinski definition) is 1. The lowest BCUT2D eigenvalue weighted by atomic mass is 9.87. The van der Waals surface area contributed by atoms with Crippen LogP contribution < -0.4 is 16.0 Å². The van der Waals surface area contributed by atoms with E-state index in [0.717, 1.165) is 37.9 Å². The number of carbonyl (C=O) groups excluding carboxylic acids is 1. The number of nitrogens with zero attached hydrogens (tertiary/aromatic N) is 2. The van der Waals surface area contributed by atoms with Gasteiger partial charge in [-0.1, -0.05) is 72.8 Å². The van der Waals surface area contributed by atoms with Crippen LogP contribution in [-0.4, -0.2) is 33.7 Å². The van der Waals surface area contributed by atoms with Gasteiger partial charge in [0.05, 0.1) is 12.2 Å². The predicted molar refractivity (Wildman–Crippen MR) is 148 cm³/mol. The number of rotatable bonds is 8. The van der Waals surface area contributed by atoms with E-state index < -0.39 is 30.0 Å². The average Bonchev–Trinajstić information content (AvgIpc) is 2.97. The van der Waals surface area contributed by atoms with E-state index in [4.69, 9.17) is 9.47 Å². The van der Waals surface area contributed by atoms with Crippen molar-refractivity contribution in [2.45, 2.75) is 32.0 Å². The molecule has 2 heterocycles. The molecular formula is C31H30FN3O5. The number of hydrogen-bond acceptors (Lipinski definition) is 6. The third kappa shape index (κ3) is 6.73. The van der Waals surface area contributed by atoms with Crippen molar-refractivity contribution in [1.29, 1.82) is 0 Å². The highest BCUT2D eigenvalue weighted by atomic mass is 19.1. The zero-order valence-corrected chi connectivity index (χ0v) is 21.9. The van der Waals surface area contributed by atoms with Gasteiger partial charge in [0.15, 0.2) is 6.73 Å². The van der Waals surface area contributed by atoms with Gasteiger partial charge in [0, 0.05) is 0 Å². The molecule has 0 aliphatic carbocycles. The number of halogens is 1. The van der Waals surface area contributed by atoms with E-state index in [0.29, 0.717) is 16.7 Å². The minimum absolute atomic E-state index is 0.237. The van der Waals surface area contributed by atoms with Gasteiger partial charge in [-0.2, -0.15) is 4.39 Å². The summed E-state index contributed by atoms with van der Waals surface area (Å²) < 4.78 is 24.1. The molecule has 206 valence electrons. The van der Waals surface area contributed by atoms with Gasteiger partial charge in [-0.05, 0) is 67.1 Å². The molecular weight excluding hydrogens is 513 g/mol. The molecule has 0 amide bonds. The number of likely N-dealkylation sites (tertiary alicyclic amines) is 1. The first-order valence-corrected chi connectivity index (χ1v) is 13.2. The molecule has 0 bridgehead atoms. The number of benzene rings is 3. The fraction of sp³-hybridized carbons (Fsp3) is 0.258. The monoisotopic (exact) mass is 543 g/mol. The van der Waals surface area contributed by atoms with E-state index in [-0.39, 0.29) is 11.8 Å². The van der Waals surface area contributed by atoms with Crippen molar-refractivity contribution in [3.05, 3.63) is 134 Å². The molecule has 4 aromatic rings. The minimum Gasteiger partial charge on any atom is -0.412 e. The Morgan fingerprint density at radius 1 is 0.900 bits per heavy atom. The van der Waals surface area contributed by atoms with Crippen LogP contribution in [0.5, 0.6) is 5.75 Å². The van der Waals surface area contributed by atoms with Crippen LogP contribution in [0.2, 0.25) is 0 Å². The SMILES string of the molecule is O=C(OCn1cc(F)c(=O)[nH]c1=O)Oc1ccc(CC2CCN(C(c3ccccc3)c3ccccc3)CC2)cc1. The lowest BCUT2D eigenvalue weighted by Gasteiger charge is -2.38. The topological polar surface area (TPSA) is 93.6 Å². The Labute approximate surface area is 230 Å². The fourth-order valence-corrected chi connectivity index (χ4v) is 5.15. The maximum atomic E-state index is 13.4. The number of aromatic nitrogens is 2. The Kier molecular flexibility index (Phi) is 8.51. The van der Waals surface area contributed by atoms with Crippen LogP contribution in [0.4, 0.5) is 9.18 Å². The second-order valence-electron chi connectivity index (χ2n) is 9.88. The molecule has 8 nitrogen and oxygen atoms in total. The Morgan fingerprint density at radius 3 is 2.10 bits per heavy atom. The van der Waals surface area contributed by atoms with Crippen molar-refractivity contribution in [1.82, 2.24) is 14.5 Å². The highest BCUT2D eigenvalue weighted by molar-refractivity contribution is 5.63. The molecule has 5 rings (SSSR count). The molecule has 1 aromatic heterocycles. The second-order valence-corrected chi connectivity index (χ2v) is 9.88. The van der Waals surface area contributed by atoms with Gasteiger partial charge in [-0.15, -0.1) is 0 Å². The quantitative estimate of drug-likeness (QED) is 0.251. The maximum Gasteiger partial charge on any atom is 0.515 e. The summed E-state index contributed by atoms with van der Waals surface area (Å²) >= 11 is 0. The molecule has 0 radical (unpaired) electrons. The molecule has 1 aliphatic heterocycles. The molecule has 0 spiro atoms. The highest BCUT2D eigenvalue weighted by Crippen LogP contribution is 2.33. The summed E-state index contributed by atoms with van der Waals surface area (Å²) in [5, 5.41) is 0. The largest absolute Gasteiger partial charge is 0.515 e. The first-order valence-electron chi connectivity index (χ1n) is 13.2. The minimum atomic E-state index is -1.16. The summed E-state index contributed by atoms with van der Waals surface area (Å²) in [6.07, 6.45) is 2.72. The third-order valence-corrected chi connectivity index (χ3v) is 7.18. The van der Waals surface area contributed by atoms with E-state index >= 15 is 0 Å². The number of carbonyl (C=O) groups is 1. The average molecular weight is 544 g/mol. The van der Waals surface area contributed by atoms with E-state index in [1.807, 2.05) is 12.1 Å². The summed E-state index contributed by atoms with van der Waals surface area (Å²) in [6, 6.07) is 28.8. The molecule has 0 unspecified atom stereocenters. The Bertz CT molecular complexity index is 1490. The van der Waals surface area contributed by atoms with Crippen molar-refractivity contribution in [3.63, 3.8) is 0 Å². The lowest BCUT2D eigenvalue weighted by Crippen LogP contribution is -2.37. The molecule has 40 heavy (non-hydrogen) atoms. The zero-order valence-electron chi connectivity index (χ0n) is 21.9. The van der Waals surface area contributed by atoms with Gasteiger partial charge in [0.25, 0.3) is 5.56 Å². The normalized spacial score (nSPS) is 14.2. The van der Waals surface area contributed by atoms with Crippen molar-refractivity contribution < 1.29 is 18.7 Å². The fourth-order valence-electron chi connectivity index (χ4n) is 5.15. The van der Waals surface area contributed by atoms with Gasteiger partial charge in [0.2, 0.25) is 5.82 Å². The van der Waals surface area contributed by atoms with E-state index in [1.54, 1.807) is 17.1 Å². The number of nitrogens with one attached hydrogen (secondary N) is 1. The van der Waals surface area contributed by atoms with Gasteiger partial charge < -0.3 is 9.47 Å². The summed E-state index contributed by atoms with van der Waals surface area (Å²) in [6.45, 7) is 1.42. The van der Waals surface area contributed by atoms with Crippen molar-refractivity contribution in [2.24, 2.45) is 5.92 Å². The van der Waals surface area contributed by atoms with Crippen LogP contribution in [0, 0.1) is 11.7 Å². The number of aromatic amines is 1. The van der Waals surface area contributed by atoms with E-state index in [2.05, 4.69) is 65.6 Å². The second kappa shape index (κ2) is 12.6. The summed E-state index contributed by atoms with van der Waals surface area (Å²) in [7, 11) is 0. The van der Waals surface area contributed by atoms with Crippen molar-refractivity contribution in [3.8, 4) is 5.75 Å². The van der Waals surface area contributed by atoms with E-state index in [1.165, 1.54) is 11.1 Å². The van der Waals surface area contributed by atoms with Crippen LogP contribution in [-0.2, 0) is 17.9 Å². The Balaban J connectivity index is 1.13. The molecule has 0 saturated carbocycles. The molecule has 1 aliphatic rings. The third-order valence-electron chi connectivity index (χ3n) is 7.18. The van der Waals surface area contributed by atoms with Crippen molar-refractivity contribution in [2.75, 3.05) is 13.1 Å². The Hall–Kier alpha value is -4.50. The molecule has 0 atom stereocenters. The van der Waals surface area contributed by atoms with Gasteiger partial charge in [-0.3, -0.25) is 19.2 Å². The predicted octanol–water partition coefficient (Wildman–Crippen LogP) is 4.89. The smallest absolute Gasteiger partial charge is 0.412 e. The number of H-pyrrole nitrogens is 1.